The van der Waals surface area contributed by atoms with Crippen LogP contribution in [0.1, 0.15) is 16.3 Å². The van der Waals surface area contributed by atoms with E-state index in [0.717, 1.165) is 16.3 Å². The van der Waals surface area contributed by atoms with Crippen LogP contribution in [0.5, 0.6) is 0 Å². The van der Waals surface area contributed by atoms with E-state index in [1.807, 2.05) is 12.3 Å². The molecule has 0 spiro atoms. The quantitative estimate of drug-likeness (QED) is 0.850. The van der Waals surface area contributed by atoms with Crippen molar-refractivity contribution >= 4 is 21.4 Å². The first-order valence-corrected chi connectivity index (χ1v) is 7.93. The number of thiazole rings is 1. The first-order valence-electron chi connectivity index (χ1n) is 5.57. The van der Waals surface area contributed by atoms with Crippen molar-refractivity contribution in [1.82, 2.24) is 14.7 Å². The number of nitrogens with two attached hydrogens (primary N) is 1. The van der Waals surface area contributed by atoms with E-state index in [4.69, 9.17) is 5.73 Å². The van der Waals surface area contributed by atoms with E-state index < -0.39 is 10.0 Å². The zero-order valence-corrected chi connectivity index (χ0v) is 12.0. The lowest BCUT2D eigenvalue weighted by molar-refractivity contribution is 0.577. The molecule has 0 radical (unpaired) electrons. The molecule has 0 bridgehead atoms. The van der Waals surface area contributed by atoms with Crippen LogP contribution in [0.3, 0.4) is 0 Å². The van der Waals surface area contributed by atoms with Gasteiger partial charge in [-0.3, -0.25) is 0 Å². The fourth-order valence-electron chi connectivity index (χ4n) is 1.41. The fourth-order valence-corrected chi connectivity index (χ4v) is 3.12. The van der Waals surface area contributed by atoms with E-state index in [2.05, 4.69) is 14.7 Å². The molecule has 102 valence electrons. The molecule has 6 nitrogen and oxygen atoms in total. The van der Waals surface area contributed by atoms with Gasteiger partial charge in [-0.2, -0.15) is 0 Å². The first kappa shape index (κ1) is 14.1. The van der Waals surface area contributed by atoms with Crippen LogP contribution in [0.25, 0.3) is 0 Å². The highest BCUT2D eigenvalue weighted by Gasteiger charge is 2.15. The lowest BCUT2D eigenvalue weighted by Crippen LogP contribution is -2.24. The topological polar surface area (TPSA) is 98.0 Å². The summed E-state index contributed by atoms with van der Waals surface area (Å²) < 4.78 is 26.4. The van der Waals surface area contributed by atoms with E-state index in [9.17, 15) is 8.42 Å². The SMILES string of the molecule is Cc1csc(CNS(=O)(=O)c2ccc(CN)cn2)n1. The normalized spacial score (nSPS) is 11.7. The number of nitrogens with zero attached hydrogens (tertiary/aromatic N) is 2. The second kappa shape index (κ2) is 5.74. The number of pyridine rings is 1. The van der Waals surface area contributed by atoms with Crippen LogP contribution in [0.15, 0.2) is 28.7 Å². The maximum absolute atomic E-state index is 12.0. The van der Waals surface area contributed by atoms with E-state index >= 15 is 0 Å². The number of hydrogen-bond donors (Lipinski definition) is 2. The Morgan fingerprint density at radius 1 is 1.42 bits per heavy atom. The number of sulfonamides is 1. The molecule has 0 aliphatic rings. The van der Waals surface area contributed by atoms with Gasteiger partial charge in [-0.25, -0.2) is 23.1 Å². The Labute approximate surface area is 115 Å². The minimum absolute atomic E-state index is 0.0158. The Hall–Kier alpha value is -1.35. The molecule has 0 atom stereocenters. The van der Waals surface area contributed by atoms with Gasteiger partial charge in [0.1, 0.15) is 5.01 Å². The molecular weight excluding hydrogens is 284 g/mol. The molecule has 2 aromatic heterocycles. The van der Waals surface area contributed by atoms with E-state index in [-0.39, 0.29) is 11.6 Å². The van der Waals surface area contributed by atoms with Gasteiger partial charge in [0, 0.05) is 23.8 Å². The Morgan fingerprint density at radius 3 is 2.74 bits per heavy atom. The predicted octanol–water partition coefficient (Wildman–Crippen LogP) is 0.784. The summed E-state index contributed by atoms with van der Waals surface area (Å²) in [6.45, 7) is 2.36. The minimum Gasteiger partial charge on any atom is -0.326 e. The Morgan fingerprint density at radius 2 is 2.21 bits per heavy atom. The maximum Gasteiger partial charge on any atom is 0.258 e. The third kappa shape index (κ3) is 3.57. The van der Waals surface area contributed by atoms with Crippen molar-refractivity contribution in [3.05, 3.63) is 40.0 Å². The maximum atomic E-state index is 12.0. The summed E-state index contributed by atoms with van der Waals surface area (Å²) in [7, 11) is -3.61. The molecule has 0 aliphatic heterocycles. The van der Waals surface area contributed by atoms with Crippen molar-refractivity contribution in [3.63, 3.8) is 0 Å². The van der Waals surface area contributed by atoms with Crippen molar-refractivity contribution in [2.75, 3.05) is 0 Å². The average molecular weight is 298 g/mol. The van der Waals surface area contributed by atoms with Crippen LogP contribution in [-0.4, -0.2) is 18.4 Å². The highest BCUT2D eigenvalue weighted by Crippen LogP contribution is 2.11. The van der Waals surface area contributed by atoms with Gasteiger partial charge in [0.2, 0.25) is 0 Å². The van der Waals surface area contributed by atoms with Crippen molar-refractivity contribution in [2.24, 2.45) is 5.73 Å². The molecule has 2 rings (SSSR count). The molecule has 2 aromatic rings. The van der Waals surface area contributed by atoms with E-state index in [1.54, 1.807) is 6.07 Å². The molecule has 0 saturated heterocycles. The number of rotatable bonds is 5. The lowest BCUT2D eigenvalue weighted by atomic mass is 10.3. The van der Waals surface area contributed by atoms with Crippen molar-refractivity contribution in [1.29, 1.82) is 0 Å². The van der Waals surface area contributed by atoms with Gasteiger partial charge in [0.25, 0.3) is 10.0 Å². The van der Waals surface area contributed by atoms with Crippen LogP contribution < -0.4 is 10.5 Å². The molecule has 8 heteroatoms. The summed E-state index contributed by atoms with van der Waals surface area (Å²) in [4.78, 5) is 8.08. The second-order valence-corrected chi connectivity index (χ2v) is 6.57. The third-order valence-electron chi connectivity index (χ3n) is 2.39. The minimum atomic E-state index is -3.61. The number of hydrogen-bond acceptors (Lipinski definition) is 6. The van der Waals surface area contributed by atoms with E-state index in [0.29, 0.717) is 6.54 Å². The summed E-state index contributed by atoms with van der Waals surface area (Å²) in [6, 6.07) is 3.09. The largest absolute Gasteiger partial charge is 0.326 e. The predicted molar refractivity (Wildman–Crippen MR) is 73.0 cm³/mol. The van der Waals surface area contributed by atoms with Crippen LogP contribution in [-0.2, 0) is 23.1 Å². The molecule has 3 N–H and O–H groups in total. The van der Waals surface area contributed by atoms with Crippen LogP contribution in [0.2, 0.25) is 0 Å². The van der Waals surface area contributed by atoms with Gasteiger partial charge < -0.3 is 5.73 Å². The Kier molecular flexibility index (Phi) is 4.25. The number of aryl methyl sites for hydroxylation is 1. The Bertz CT molecular complexity index is 650. The molecule has 19 heavy (non-hydrogen) atoms. The number of aromatic nitrogens is 2. The highest BCUT2D eigenvalue weighted by molar-refractivity contribution is 7.89. The molecule has 0 saturated carbocycles. The van der Waals surface area contributed by atoms with Gasteiger partial charge in [-0.1, -0.05) is 6.07 Å². The van der Waals surface area contributed by atoms with Gasteiger partial charge in [-0.05, 0) is 18.6 Å². The van der Waals surface area contributed by atoms with Gasteiger partial charge in [-0.15, -0.1) is 11.3 Å². The molecule has 0 fully saturated rings. The summed E-state index contributed by atoms with van der Waals surface area (Å²) in [5.41, 5.74) is 7.10. The van der Waals surface area contributed by atoms with Gasteiger partial charge >= 0.3 is 0 Å². The number of nitrogens with one attached hydrogen (secondary N) is 1. The molecule has 2 heterocycles. The molecule has 0 amide bonds. The monoisotopic (exact) mass is 298 g/mol. The molecule has 0 unspecified atom stereocenters. The standard InChI is InChI=1S/C11H14N4O2S2/c1-8-7-18-10(15-8)6-14-19(16,17)11-3-2-9(4-12)5-13-11/h2-3,5,7,14H,4,6,12H2,1H3. The van der Waals surface area contributed by atoms with Gasteiger partial charge in [0.05, 0.1) is 6.54 Å². The zero-order valence-electron chi connectivity index (χ0n) is 10.3. The summed E-state index contributed by atoms with van der Waals surface area (Å²) in [6.07, 6.45) is 1.46. The smallest absolute Gasteiger partial charge is 0.258 e. The first-order chi connectivity index (χ1) is 9.01. The zero-order chi connectivity index (χ0) is 13.9. The van der Waals surface area contributed by atoms with Crippen LogP contribution in [0, 0.1) is 6.92 Å². The lowest BCUT2D eigenvalue weighted by Gasteiger charge is -2.05. The summed E-state index contributed by atoms with van der Waals surface area (Å²) in [5.74, 6) is 0. The van der Waals surface area contributed by atoms with Crippen molar-refractivity contribution in [2.45, 2.75) is 25.0 Å². The fraction of sp³-hybridized carbons (Fsp3) is 0.273. The van der Waals surface area contributed by atoms with Crippen LogP contribution >= 0.6 is 11.3 Å². The van der Waals surface area contributed by atoms with E-state index in [1.165, 1.54) is 23.6 Å². The average Bonchev–Trinajstić information content (AvgIpc) is 2.82. The molecule has 0 aliphatic carbocycles. The molecular formula is C11H14N4O2S2. The Balaban J connectivity index is 2.09. The van der Waals surface area contributed by atoms with Crippen molar-refractivity contribution in [3.8, 4) is 0 Å². The second-order valence-electron chi connectivity index (χ2n) is 3.92. The third-order valence-corrected chi connectivity index (χ3v) is 4.67. The van der Waals surface area contributed by atoms with Gasteiger partial charge in [0.15, 0.2) is 5.03 Å². The van der Waals surface area contributed by atoms with Crippen molar-refractivity contribution < 1.29 is 8.42 Å². The van der Waals surface area contributed by atoms with Crippen LogP contribution in [0.4, 0.5) is 0 Å². The summed E-state index contributed by atoms with van der Waals surface area (Å²) in [5, 5.41) is 2.58. The highest BCUT2D eigenvalue weighted by atomic mass is 32.2. The summed E-state index contributed by atoms with van der Waals surface area (Å²) >= 11 is 1.42. The molecule has 0 aromatic carbocycles.